The predicted molar refractivity (Wildman–Crippen MR) is 80.7 cm³/mol. The summed E-state index contributed by atoms with van der Waals surface area (Å²) in [6.07, 6.45) is 3.27. The first-order valence-corrected chi connectivity index (χ1v) is 7.45. The van der Waals surface area contributed by atoms with Gasteiger partial charge in [-0.05, 0) is 38.7 Å². The van der Waals surface area contributed by atoms with Gasteiger partial charge < -0.3 is 8.98 Å². The molecule has 0 amide bonds. The van der Waals surface area contributed by atoms with E-state index in [9.17, 15) is 4.79 Å². The Hall–Kier alpha value is -1.84. The van der Waals surface area contributed by atoms with Crippen LogP contribution in [0.2, 0.25) is 0 Å². The van der Waals surface area contributed by atoms with Crippen LogP contribution in [0.4, 0.5) is 0 Å². The Morgan fingerprint density at radius 1 is 1.33 bits per heavy atom. The molecule has 1 atom stereocenters. The normalized spacial score (nSPS) is 18.6. The van der Waals surface area contributed by atoms with Gasteiger partial charge in [-0.15, -0.1) is 0 Å². The molecule has 3 rings (SSSR count). The van der Waals surface area contributed by atoms with Crippen molar-refractivity contribution in [2.75, 3.05) is 0 Å². The van der Waals surface area contributed by atoms with Gasteiger partial charge >= 0.3 is 0 Å². The van der Waals surface area contributed by atoms with Crippen molar-refractivity contribution in [3.05, 3.63) is 40.9 Å². The van der Waals surface area contributed by atoms with E-state index in [0.717, 1.165) is 29.1 Å². The maximum Gasteiger partial charge on any atom is 0.217 e. The summed E-state index contributed by atoms with van der Waals surface area (Å²) in [5.74, 6) is 1.76. The van der Waals surface area contributed by atoms with Gasteiger partial charge in [-0.1, -0.05) is 13.8 Å². The first-order chi connectivity index (χ1) is 9.78. The van der Waals surface area contributed by atoms with Crippen molar-refractivity contribution < 1.29 is 9.21 Å². The van der Waals surface area contributed by atoms with Crippen LogP contribution in [0.3, 0.4) is 0 Å². The molecule has 0 radical (unpaired) electrons. The first-order valence-electron chi connectivity index (χ1n) is 7.45. The summed E-state index contributed by atoms with van der Waals surface area (Å²) >= 11 is 0. The number of aryl methyl sites for hydroxylation is 2. The minimum atomic E-state index is 0.00384. The Kier molecular flexibility index (Phi) is 3.08. The number of rotatable bonds is 2. The van der Waals surface area contributed by atoms with Crippen LogP contribution in [0.1, 0.15) is 66.6 Å². The zero-order valence-corrected chi connectivity index (χ0v) is 13.4. The zero-order valence-electron chi connectivity index (χ0n) is 13.4. The van der Waals surface area contributed by atoms with E-state index in [1.807, 2.05) is 19.9 Å². The van der Waals surface area contributed by atoms with Gasteiger partial charge in [-0.2, -0.15) is 0 Å². The smallest absolute Gasteiger partial charge is 0.217 e. The second-order valence-corrected chi connectivity index (χ2v) is 6.94. The molecule has 2 heterocycles. The third-order valence-corrected chi connectivity index (χ3v) is 4.30. The molecule has 0 saturated heterocycles. The van der Waals surface area contributed by atoms with Crippen molar-refractivity contribution in [1.29, 1.82) is 0 Å². The number of aromatic nitrogens is 2. The molecule has 0 aromatic carbocycles. The Morgan fingerprint density at radius 3 is 2.67 bits per heavy atom. The molecule has 0 spiro atoms. The molecule has 0 aliphatic heterocycles. The lowest BCUT2D eigenvalue weighted by atomic mass is 9.76. The van der Waals surface area contributed by atoms with Crippen LogP contribution in [0, 0.1) is 19.3 Å². The topological polar surface area (TPSA) is 48.0 Å². The molecule has 0 saturated carbocycles. The van der Waals surface area contributed by atoms with Crippen molar-refractivity contribution in [2.45, 2.75) is 53.5 Å². The van der Waals surface area contributed by atoms with Crippen LogP contribution in [0.5, 0.6) is 0 Å². The summed E-state index contributed by atoms with van der Waals surface area (Å²) in [7, 11) is 0. The summed E-state index contributed by atoms with van der Waals surface area (Å²) in [4.78, 5) is 16.7. The minimum absolute atomic E-state index is 0.00384. The lowest BCUT2D eigenvalue weighted by molar-refractivity contribution is 0.0909. The fourth-order valence-electron chi connectivity index (χ4n) is 3.39. The van der Waals surface area contributed by atoms with E-state index in [1.54, 1.807) is 6.20 Å². The standard InChI is InChI=1S/C17H22N2O2/c1-10-6-13-14(7-17(4,5)8-15(13)20)19(10)12(3)16-18-9-11(2)21-16/h6,9,12H,7-8H2,1-5H3. The van der Waals surface area contributed by atoms with Crippen molar-refractivity contribution in [3.63, 3.8) is 0 Å². The van der Waals surface area contributed by atoms with Crippen molar-refractivity contribution in [1.82, 2.24) is 9.55 Å². The van der Waals surface area contributed by atoms with Gasteiger partial charge in [0.1, 0.15) is 11.8 Å². The summed E-state index contributed by atoms with van der Waals surface area (Å²) in [6, 6.07) is 2.02. The molecule has 0 N–H and O–H groups in total. The highest BCUT2D eigenvalue weighted by Gasteiger charge is 2.35. The maximum atomic E-state index is 12.4. The number of hydrogen-bond donors (Lipinski definition) is 0. The van der Waals surface area contributed by atoms with Crippen LogP contribution in [0.25, 0.3) is 0 Å². The predicted octanol–water partition coefficient (Wildman–Crippen LogP) is 3.86. The van der Waals surface area contributed by atoms with Gasteiger partial charge in [0.05, 0.1) is 6.20 Å². The molecule has 1 aliphatic carbocycles. The molecule has 4 nitrogen and oxygen atoms in total. The van der Waals surface area contributed by atoms with E-state index in [0.29, 0.717) is 12.3 Å². The van der Waals surface area contributed by atoms with Gasteiger partial charge in [-0.3, -0.25) is 4.79 Å². The first kappa shape index (κ1) is 14.1. The number of fused-ring (bicyclic) bond motifs is 1. The number of carbonyl (C=O) groups is 1. The average molecular weight is 286 g/mol. The monoisotopic (exact) mass is 286 g/mol. The quantitative estimate of drug-likeness (QED) is 0.842. The van der Waals surface area contributed by atoms with Crippen LogP contribution >= 0.6 is 0 Å². The highest BCUT2D eigenvalue weighted by Crippen LogP contribution is 2.38. The number of hydrogen-bond acceptors (Lipinski definition) is 3. The van der Waals surface area contributed by atoms with E-state index in [2.05, 4.69) is 30.3 Å². The Labute approximate surface area is 125 Å². The van der Waals surface area contributed by atoms with Gasteiger partial charge in [0.25, 0.3) is 0 Å². The molecular formula is C17H22N2O2. The third kappa shape index (κ3) is 2.33. The van der Waals surface area contributed by atoms with E-state index in [4.69, 9.17) is 4.42 Å². The van der Waals surface area contributed by atoms with Crippen molar-refractivity contribution in [3.8, 4) is 0 Å². The second kappa shape index (κ2) is 4.58. The fourth-order valence-corrected chi connectivity index (χ4v) is 3.39. The van der Waals surface area contributed by atoms with E-state index in [1.165, 1.54) is 0 Å². The lowest BCUT2D eigenvalue weighted by Gasteiger charge is -2.30. The lowest BCUT2D eigenvalue weighted by Crippen LogP contribution is -2.28. The minimum Gasteiger partial charge on any atom is -0.444 e. The number of oxazole rings is 1. The number of ketones is 1. The Morgan fingerprint density at radius 2 is 2.05 bits per heavy atom. The van der Waals surface area contributed by atoms with Crippen LogP contribution in [-0.4, -0.2) is 15.3 Å². The molecule has 112 valence electrons. The van der Waals surface area contributed by atoms with Crippen LogP contribution in [-0.2, 0) is 6.42 Å². The molecule has 2 aromatic heterocycles. The van der Waals surface area contributed by atoms with Crippen molar-refractivity contribution in [2.24, 2.45) is 5.41 Å². The van der Waals surface area contributed by atoms with Gasteiger partial charge in [0, 0.05) is 23.4 Å². The molecule has 4 heteroatoms. The average Bonchev–Trinajstić information content (AvgIpc) is 2.91. The Balaban J connectivity index is 2.10. The van der Waals surface area contributed by atoms with E-state index >= 15 is 0 Å². The van der Waals surface area contributed by atoms with Gasteiger partial charge in [-0.25, -0.2) is 4.98 Å². The molecule has 0 fully saturated rings. The highest BCUT2D eigenvalue weighted by atomic mass is 16.4. The van der Waals surface area contributed by atoms with E-state index in [-0.39, 0.29) is 17.2 Å². The van der Waals surface area contributed by atoms with Gasteiger partial charge in [0.2, 0.25) is 5.89 Å². The summed E-state index contributed by atoms with van der Waals surface area (Å²) in [5, 5.41) is 0. The number of nitrogens with zero attached hydrogens (tertiary/aromatic N) is 2. The largest absolute Gasteiger partial charge is 0.444 e. The Bertz CT molecular complexity index is 706. The van der Waals surface area contributed by atoms with E-state index < -0.39 is 0 Å². The molecule has 1 unspecified atom stereocenters. The molecule has 1 aliphatic rings. The molecule has 2 aromatic rings. The molecular weight excluding hydrogens is 264 g/mol. The van der Waals surface area contributed by atoms with Crippen molar-refractivity contribution >= 4 is 5.78 Å². The summed E-state index contributed by atoms with van der Waals surface area (Å²) < 4.78 is 7.88. The fraction of sp³-hybridized carbons (Fsp3) is 0.529. The summed E-state index contributed by atoms with van der Waals surface area (Å²) in [6.45, 7) is 10.3. The zero-order chi connectivity index (χ0) is 15.4. The molecule has 21 heavy (non-hydrogen) atoms. The maximum absolute atomic E-state index is 12.4. The number of carbonyl (C=O) groups excluding carboxylic acids is 1. The second-order valence-electron chi connectivity index (χ2n) is 6.94. The van der Waals surface area contributed by atoms with Crippen LogP contribution in [0.15, 0.2) is 16.7 Å². The third-order valence-electron chi connectivity index (χ3n) is 4.30. The molecule has 0 bridgehead atoms. The summed E-state index contributed by atoms with van der Waals surface area (Å²) in [5.41, 5.74) is 3.10. The highest BCUT2D eigenvalue weighted by molar-refractivity contribution is 5.99. The number of Topliss-reactive ketones (excluding diaryl/α,β-unsaturated/α-hetero) is 1. The van der Waals surface area contributed by atoms with Gasteiger partial charge in [0.15, 0.2) is 5.78 Å². The SMILES string of the molecule is Cc1cnc(C(C)n2c(C)cc3c2CC(C)(C)CC3=O)o1. The van der Waals surface area contributed by atoms with Crippen LogP contribution < -0.4 is 0 Å².